The summed E-state index contributed by atoms with van der Waals surface area (Å²) in [6, 6.07) is 11.9. The van der Waals surface area contributed by atoms with Crippen molar-refractivity contribution in [2.24, 2.45) is 7.05 Å². The number of hydrogen-bond acceptors (Lipinski definition) is 7. The van der Waals surface area contributed by atoms with Crippen LogP contribution >= 0.6 is 11.3 Å². The van der Waals surface area contributed by atoms with Crippen molar-refractivity contribution in [3.05, 3.63) is 52.9 Å². The van der Waals surface area contributed by atoms with Crippen molar-refractivity contribution < 1.29 is 4.74 Å². The van der Waals surface area contributed by atoms with Crippen molar-refractivity contribution in [3.63, 3.8) is 0 Å². The highest BCUT2D eigenvalue weighted by molar-refractivity contribution is 7.09. The van der Waals surface area contributed by atoms with Gasteiger partial charge in [0.15, 0.2) is 5.65 Å². The molecule has 1 aromatic carbocycles. The minimum Gasteiger partial charge on any atom is -0.497 e. The van der Waals surface area contributed by atoms with E-state index in [1.54, 1.807) is 29.3 Å². The van der Waals surface area contributed by atoms with Crippen LogP contribution in [-0.4, -0.2) is 33.4 Å². The molecule has 0 radical (unpaired) electrons. The lowest BCUT2D eigenvalue weighted by Crippen LogP contribution is -2.09. The largest absolute Gasteiger partial charge is 0.497 e. The number of anilines is 3. The number of rotatable bonds is 7. The maximum atomic E-state index is 5.21. The van der Waals surface area contributed by atoms with E-state index in [9.17, 15) is 0 Å². The van der Waals surface area contributed by atoms with Crippen LogP contribution in [0.5, 0.6) is 5.75 Å². The molecular formula is C19H20N6OS. The van der Waals surface area contributed by atoms with Gasteiger partial charge in [0.25, 0.3) is 0 Å². The number of thiophene rings is 1. The number of nitrogens with zero attached hydrogens (tertiary/aromatic N) is 4. The van der Waals surface area contributed by atoms with Gasteiger partial charge < -0.3 is 15.4 Å². The van der Waals surface area contributed by atoms with E-state index < -0.39 is 0 Å². The molecule has 0 saturated carbocycles. The number of ether oxygens (including phenoxy) is 1. The minimum atomic E-state index is 0.582. The quantitative estimate of drug-likeness (QED) is 0.507. The molecule has 0 amide bonds. The predicted molar refractivity (Wildman–Crippen MR) is 109 cm³/mol. The summed E-state index contributed by atoms with van der Waals surface area (Å²) in [7, 11) is 3.53. The van der Waals surface area contributed by atoms with Gasteiger partial charge >= 0.3 is 0 Å². The molecule has 3 aromatic heterocycles. The highest BCUT2D eigenvalue weighted by Crippen LogP contribution is 2.26. The van der Waals surface area contributed by atoms with E-state index in [2.05, 4.69) is 43.2 Å². The third-order valence-corrected chi connectivity index (χ3v) is 5.12. The third kappa shape index (κ3) is 3.85. The van der Waals surface area contributed by atoms with Gasteiger partial charge in [0.1, 0.15) is 11.6 Å². The van der Waals surface area contributed by atoms with Crippen LogP contribution in [0.4, 0.5) is 17.5 Å². The van der Waals surface area contributed by atoms with E-state index in [0.29, 0.717) is 5.95 Å². The zero-order valence-electron chi connectivity index (χ0n) is 15.1. The predicted octanol–water partition coefficient (Wildman–Crippen LogP) is 3.83. The average Bonchev–Trinajstić information content (AvgIpc) is 3.33. The molecule has 0 aliphatic rings. The minimum absolute atomic E-state index is 0.582. The average molecular weight is 380 g/mol. The number of aryl methyl sites for hydroxylation is 1. The second-order valence-electron chi connectivity index (χ2n) is 6.01. The van der Waals surface area contributed by atoms with Crippen molar-refractivity contribution in [1.29, 1.82) is 0 Å². The molecule has 0 bridgehead atoms. The number of methoxy groups -OCH3 is 1. The van der Waals surface area contributed by atoms with Gasteiger partial charge in [-0.15, -0.1) is 11.3 Å². The Morgan fingerprint density at radius 2 is 2.00 bits per heavy atom. The fourth-order valence-corrected chi connectivity index (χ4v) is 3.47. The van der Waals surface area contributed by atoms with Crippen LogP contribution in [0.1, 0.15) is 4.88 Å². The molecular weight excluding hydrogens is 360 g/mol. The molecule has 138 valence electrons. The lowest BCUT2D eigenvalue weighted by molar-refractivity contribution is 0.415. The first-order chi connectivity index (χ1) is 13.2. The molecule has 3 heterocycles. The van der Waals surface area contributed by atoms with Crippen LogP contribution in [0.2, 0.25) is 0 Å². The van der Waals surface area contributed by atoms with Gasteiger partial charge in [-0.25, -0.2) is 0 Å². The van der Waals surface area contributed by atoms with Crippen molar-refractivity contribution in [3.8, 4) is 5.75 Å². The Hall–Kier alpha value is -3.13. The zero-order valence-corrected chi connectivity index (χ0v) is 16.0. The first-order valence-corrected chi connectivity index (χ1v) is 9.48. The normalized spacial score (nSPS) is 10.9. The second-order valence-corrected chi connectivity index (χ2v) is 7.04. The fourth-order valence-electron chi connectivity index (χ4n) is 2.76. The maximum absolute atomic E-state index is 5.21. The number of hydrogen-bond donors (Lipinski definition) is 2. The van der Waals surface area contributed by atoms with Crippen LogP contribution in [0.3, 0.4) is 0 Å². The Morgan fingerprint density at radius 1 is 1.15 bits per heavy atom. The van der Waals surface area contributed by atoms with Crippen molar-refractivity contribution in [2.75, 3.05) is 24.3 Å². The SMILES string of the molecule is COc1ccc(Nc2nc(NCCc3cccs3)nc3c2cnn3C)cc1. The molecule has 0 unspecified atom stereocenters. The maximum Gasteiger partial charge on any atom is 0.226 e. The van der Waals surface area contributed by atoms with Crippen molar-refractivity contribution >= 4 is 39.8 Å². The molecule has 0 atom stereocenters. The molecule has 0 spiro atoms. The van der Waals surface area contributed by atoms with Crippen molar-refractivity contribution in [2.45, 2.75) is 6.42 Å². The zero-order chi connectivity index (χ0) is 18.6. The van der Waals surface area contributed by atoms with E-state index >= 15 is 0 Å². The van der Waals surface area contributed by atoms with Gasteiger partial charge in [0.05, 0.1) is 18.7 Å². The third-order valence-electron chi connectivity index (χ3n) is 4.18. The molecule has 0 fully saturated rings. The van der Waals surface area contributed by atoms with Crippen LogP contribution in [-0.2, 0) is 13.5 Å². The summed E-state index contributed by atoms with van der Waals surface area (Å²) in [6.07, 6.45) is 2.71. The van der Waals surface area contributed by atoms with Crippen LogP contribution < -0.4 is 15.4 Å². The topological polar surface area (TPSA) is 76.9 Å². The number of nitrogens with one attached hydrogen (secondary N) is 2. The number of aromatic nitrogens is 4. The monoisotopic (exact) mass is 380 g/mol. The summed E-state index contributed by atoms with van der Waals surface area (Å²) in [5, 5.41) is 14.0. The van der Waals surface area contributed by atoms with Crippen LogP contribution in [0, 0.1) is 0 Å². The molecule has 0 saturated heterocycles. The molecule has 4 aromatic rings. The van der Waals surface area contributed by atoms with E-state index in [0.717, 1.165) is 41.3 Å². The van der Waals surface area contributed by atoms with Crippen molar-refractivity contribution in [1.82, 2.24) is 19.7 Å². The highest BCUT2D eigenvalue weighted by Gasteiger charge is 2.12. The lowest BCUT2D eigenvalue weighted by atomic mass is 10.3. The van der Waals surface area contributed by atoms with E-state index in [1.165, 1.54) is 4.88 Å². The highest BCUT2D eigenvalue weighted by atomic mass is 32.1. The number of benzene rings is 1. The first kappa shape index (κ1) is 17.3. The van der Waals surface area contributed by atoms with E-state index in [4.69, 9.17) is 4.74 Å². The molecule has 4 rings (SSSR count). The van der Waals surface area contributed by atoms with Crippen LogP contribution in [0.15, 0.2) is 48.0 Å². The summed E-state index contributed by atoms with van der Waals surface area (Å²) in [5.74, 6) is 2.11. The summed E-state index contributed by atoms with van der Waals surface area (Å²) in [6.45, 7) is 0.770. The van der Waals surface area contributed by atoms with Gasteiger partial charge in [-0.3, -0.25) is 4.68 Å². The summed E-state index contributed by atoms with van der Waals surface area (Å²) < 4.78 is 6.96. The Labute approximate surface area is 161 Å². The van der Waals surface area contributed by atoms with Gasteiger partial charge in [0.2, 0.25) is 5.95 Å². The van der Waals surface area contributed by atoms with Crippen LogP contribution in [0.25, 0.3) is 11.0 Å². The number of fused-ring (bicyclic) bond motifs is 1. The second kappa shape index (κ2) is 7.63. The molecule has 0 aliphatic carbocycles. The van der Waals surface area contributed by atoms with Gasteiger partial charge in [-0.05, 0) is 42.1 Å². The van der Waals surface area contributed by atoms with Gasteiger partial charge in [-0.1, -0.05) is 6.07 Å². The smallest absolute Gasteiger partial charge is 0.226 e. The molecule has 7 nitrogen and oxygen atoms in total. The lowest BCUT2D eigenvalue weighted by Gasteiger charge is -2.10. The van der Waals surface area contributed by atoms with E-state index in [-0.39, 0.29) is 0 Å². The molecule has 27 heavy (non-hydrogen) atoms. The Balaban J connectivity index is 1.58. The molecule has 2 N–H and O–H groups in total. The standard InChI is InChI=1S/C19H20N6OS/c1-25-18-16(12-21-25)17(22-13-5-7-14(26-2)8-6-13)23-19(24-18)20-10-9-15-4-3-11-27-15/h3-8,11-12H,9-10H2,1-2H3,(H2,20,22,23,24). The van der Waals surface area contributed by atoms with Gasteiger partial charge in [0, 0.05) is 24.2 Å². The van der Waals surface area contributed by atoms with Gasteiger partial charge in [-0.2, -0.15) is 15.1 Å². The first-order valence-electron chi connectivity index (χ1n) is 8.60. The Bertz CT molecular complexity index is 1030. The Kier molecular flexibility index (Phi) is 4.88. The summed E-state index contributed by atoms with van der Waals surface area (Å²) >= 11 is 1.75. The summed E-state index contributed by atoms with van der Waals surface area (Å²) in [5.41, 5.74) is 1.70. The molecule has 0 aliphatic heterocycles. The Morgan fingerprint density at radius 3 is 2.74 bits per heavy atom. The molecule has 8 heteroatoms. The van der Waals surface area contributed by atoms with E-state index in [1.807, 2.05) is 31.3 Å². The summed E-state index contributed by atoms with van der Waals surface area (Å²) in [4.78, 5) is 10.6. The fraction of sp³-hybridized carbons (Fsp3) is 0.211.